The first kappa shape index (κ1) is 38.9. The first-order valence-corrected chi connectivity index (χ1v) is 17.6. The number of amides is 6. The van der Waals surface area contributed by atoms with E-state index in [0.717, 1.165) is 12.8 Å². The van der Waals surface area contributed by atoms with Gasteiger partial charge in [-0.15, -0.1) is 6.58 Å². The van der Waals surface area contributed by atoms with Crippen molar-refractivity contribution in [3.8, 4) is 0 Å². The van der Waals surface area contributed by atoms with Crippen molar-refractivity contribution in [2.45, 2.75) is 124 Å². The highest BCUT2D eigenvalue weighted by Gasteiger charge is 2.51. The summed E-state index contributed by atoms with van der Waals surface area (Å²) in [7, 11) is 0. The lowest BCUT2D eigenvalue weighted by Gasteiger charge is -2.36. The second kappa shape index (κ2) is 16.2. The number of fused-ring (bicyclic) bond motifs is 1. The van der Waals surface area contributed by atoms with Crippen molar-refractivity contribution >= 4 is 41.2 Å². The van der Waals surface area contributed by atoms with Gasteiger partial charge in [0.15, 0.2) is 5.78 Å². The van der Waals surface area contributed by atoms with Gasteiger partial charge < -0.3 is 21.3 Å². The molecular weight excluding hydrogens is 614 g/mol. The number of imide groups is 1. The summed E-state index contributed by atoms with van der Waals surface area (Å²) in [6, 6.07) is -2.81. The van der Waals surface area contributed by atoms with E-state index >= 15 is 0 Å². The van der Waals surface area contributed by atoms with E-state index in [2.05, 4.69) is 27.8 Å². The Balaban J connectivity index is 1.68. The fourth-order valence-corrected chi connectivity index (χ4v) is 6.89. The molecule has 2 unspecified atom stereocenters. The molecule has 268 valence electrons. The third kappa shape index (κ3) is 10.2. The molecule has 0 aromatic heterocycles. The van der Waals surface area contributed by atoms with Gasteiger partial charge in [0.2, 0.25) is 23.5 Å². The van der Waals surface area contributed by atoms with Crippen LogP contribution in [0.5, 0.6) is 0 Å². The zero-order valence-corrected chi connectivity index (χ0v) is 29.9. The van der Waals surface area contributed by atoms with Gasteiger partial charge in [-0.25, -0.2) is 4.79 Å². The minimum atomic E-state index is -0.910. The summed E-state index contributed by atoms with van der Waals surface area (Å²) in [5.74, 6) is -2.70. The lowest BCUT2D eigenvalue weighted by atomic mass is 9.78. The van der Waals surface area contributed by atoms with Gasteiger partial charge in [0.05, 0.1) is 18.1 Å². The van der Waals surface area contributed by atoms with Crippen LogP contribution >= 0.6 is 0 Å². The predicted molar refractivity (Wildman–Crippen MR) is 181 cm³/mol. The van der Waals surface area contributed by atoms with Crippen LogP contribution in [0.2, 0.25) is 0 Å². The highest BCUT2D eigenvalue weighted by atomic mass is 16.2. The van der Waals surface area contributed by atoms with E-state index in [-0.39, 0.29) is 73.1 Å². The van der Waals surface area contributed by atoms with Gasteiger partial charge in [-0.1, -0.05) is 67.4 Å². The summed E-state index contributed by atoms with van der Waals surface area (Å²) in [6.45, 7) is 17.2. The van der Waals surface area contributed by atoms with Gasteiger partial charge in [0.25, 0.3) is 5.91 Å². The minimum absolute atomic E-state index is 0.0578. The number of Topliss-reactive ketones (excluding diaryl/α,β-unsaturated/α-hetero) is 2. The molecule has 3 aliphatic rings. The van der Waals surface area contributed by atoms with E-state index in [4.69, 9.17) is 0 Å². The molecule has 2 saturated carbocycles. The van der Waals surface area contributed by atoms with Gasteiger partial charge in [0, 0.05) is 37.8 Å². The van der Waals surface area contributed by atoms with Crippen molar-refractivity contribution in [2.75, 3.05) is 13.1 Å². The average molecular weight is 672 g/mol. The Hall–Kier alpha value is -3.57. The molecular formula is C36H57N5O7. The minimum Gasteiger partial charge on any atom is -0.346 e. The predicted octanol–water partition coefficient (Wildman–Crippen LogP) is 3.43. The van der Waals surface area contributed by atoms with E-state index in [1.54, 1.807) is 0 Å². The van der Waals surface area contributed by atoms with Crippen molar-refractivity contribution in [3.63, 3.8) is 0 Å². The van der Waals surface area contributed by atoms with Crippen molar-refractivity contribution in [2.24, 2.45) is 34.5 Å². The maximum atomic E-state index is 14.1. The normalized spacial score (nSPS) is 24.4. The third-order valence-corrected chi connectivity index (χ3v) is 10.1. The zero-order chi connectivity index (χ0) is 36.0. The first-order chi connectivity index (χ1) is 22.4. The average Bonchev–Trinajstić information content (AvgIpc) is 3.72. The molecule has 4 N–H and O–H groups in total. The quantitative estimate of drug-likeness (QED) is 0.117. The SMILES string of the molecule is C=CCNC(=O)C(=O)C(CCCC)NC(=O)[C@H]1CCC(C(=O)[C@@H](NC(=O)N[C@H](CN2C(=O)CCC2=O)C(C)(C)C)C(C)(C)C)C[C@@H]2C[C@@H]21. The summed E-state index contributed by atoms with van der Waals surface area (Å²) < 4.78 is 0. The number of hydrogen-bond acceptors (Lipinski definition) is 7. The second-order valence-electron chi connectivity index (χ2n) is 16.0. The van der Waals surface area contributed by atoms with Crippen molar-refractivity contribution in [1.82, 2.24) is 26.2 Å². The van der Waals surface area contributed by atoms with E-state index in [1.165, 1.54) is 11.0 Å². The maximum Gasteiger partial charge on any atom is 0.315 e. The standard InChI is InChI=1S/C36H57N5O7/c1-9-11-12-25(30(45)33(47)37-17-10-2)38-32(46)23-14-13-21(18-22-19-24(22)23)29(44)31(36(6,7)8)40-34(48)39-26(35(3,4)5)20-41-27(42)15-16-28(41)43/h10,21-26,31H,2,9,11-20H2,1,3-8H3,(H,37,47)(H,38,46)(H2,39,40,48)/t21?,22-,23+,24+,25?,26-,31-/m1/s1. The summed E-state index contributed by atoms with van der Waals surface area (Å²) in [5, 5.41) is 11.2. The maximum absolute atomic E-state index is 14.1. The molecule has 0 spiro atoms. The van der Waals surface area contributed by atoms with Crippen LogP contribution in [0.4, 0.5) is 4.79 Å². The fraction of sp³-hybridized carbons (Fsp3) is 0.750. The van der Waals surface area contributed by atoms with Gasteiger partial charge in [-0.2, -0.15) is 0 Å². The van der Waals surface area contributed by atoms with Gasteiger partial charge in [-0.05, 0) is 54.8 Å². The van der Waals surface area contributed by atoms with Crippen molar-refractivity contribution < 1.29 is 33.6 Å². The van der Waals surface area contributed by atoms with E-state index < -0.39 is 46.7 Å². The van der Waals surface area contributed by atoms with Crippen LogP contribution in [0.1, 0.15) is 106 Å². The molecule has 1 saturated heterocycles. The number of carbonyl (C=O) groups is 7. The van der Waals surface area contributed by atoms with Crippen molar-refractivity contribution in [3.05, 3.63) is 12.7 Å². The largest absolute Gasteiger partial charge is 0.346 e. The van der Waals surface area contributed by atoms with Crippen LogP contribution in [-0.4, -0.2) is 77.3 Å². The number of ketones is 2. The van der Waals surface area contributed by atoms with Crippen LogP contribution in [-0.2, 0) is 28.8 Å². The Bertz CT molecular complexity index is 1250. The molecule has 3 rings (SSSR count). The van der Waals surface area contributed by atoms with Gasteiger partial charge in [-0.3, -0.25) is 33.7 Å². The Morgan fingerprint density at radius 3 is 2.12 bits per heavy atom. The monoisotopic (exact) mass is 671 g/mol. The van der Waals surface area contributed by atoms with Gasteiger partial charge >= 0.3 is 6.03 Å². The Morgan fingerprint density at radius 2 is 1.56 bits per heavy atom. The highest BCUT2D eigenvalue weighted by Crippen LogP contribution is 2.53. The molecule has 6 amide bonds. The third-order valence-electron chi connectivity index (χ3n) is 10.1. The number of likely N-dealkylation sites (tertiary alicyclic amines) is 1. The molecule has 1 aliphatic heterocycles. The van der Waals surface area contributed by atoms with Crippen LogP contribution in [0.15, 0.2) is 12.7 Å². The lowest BCUT2D eigenvalue weighted by Crippen LogP contribution is -2.59. The molecule has 0 aromatic rings. The summed E-state index contributed by atoms with van der Waals surface area (Å²) in [4.78, 5) is 92.2. The molecule has 2 aliphatic carbocycles. The molecule has 0 aromatic carbocycles. The summed E-state index contributed by atoms with van der Waals surface area (Å²) in [5.41, 5.74) is -1.09. The lowest BCUT2D eigenvalue weighted by molar-refractivity contribution is -0.140. The van der Waals surface area contributed by atoms with E-state index in [0.29, 0.717) is 32.1 Å². The number of hydrogen-bond donors (Lipinski definition) is 4. The molecule has 3 fully saturated rings. The van der Waals surface area contributed by atoms with Crippen LogP contribution in [0, 0.1) is 34.5 Å². The van der Waals surface area contributed by atoms with Crippen LogP contribution in [0.3, 0.4) is 0 Å². The van der Waals surface area contributed by atoms with Crippen LogP contribution < -0.4 is 21.3 Å². The number of nitrogens with zero attached hydrogens (tertiary/aromatic N) is 1. The molecule has 48 heavy (non-hydrogen) atoms. The number of rotatable bonds is 15. The molecule has 1 heterocycles. The van der Waals surface area contributed by atoms with E-state index in [1.807, 2.05) is 48.5 Å². The van der Waals surface area contributed by atoms with Crippen molar-refractivity contribution in [1.29, 1.82) is 0 Å². The van der Waals surface area contributed by atoms with Gasteiger partial charge in [0.1, 0.15) is 0 Å². The Kier molecular flexibility index (Phi) is 13.1. The highest BCUT2D eigenvalue weighted by molar-refractivity contribution is 6.38. The smallest absolute Gasteiger partial charge is 0.315 e. The second-order valence-corrected chi connectivity index (χ2v) is 16.0. The first-order valence-electron chi connectivity index (χ1n) is 17.6. The number of carbonyl (C=O) groups excluding carboxylic acids is 7. The molecule has 12 heteroatoms. The fourth-order valence-electron chi connectivity index (χ4n) is 6.89. The van der Waals surface area contributed by atoms with Crippen LogP contribution in [0.25, 0.3) is 0 Å². The molecule has 12 nitrogen and oxygen atoms in total. The number of urea groups is 1. The topological polar surface area (TPSA) is 171 Å². The summed E-state index contributed by atoms with van der Waals surface area (Å²) >= 11 is 0. The Labute approximate surface area is 285 Å². The number of unbranched alkanes of at least 4 members (excludes halogenated alkanes) is 1. The zero-order valence-electron chi connectivity index (χ0n) is 29.9. The molecule has 0 bridgehead atoms. The summed E-state index contributed by atoms with van der Waals surface area (Å²) in [6.07, 6.45) is 6.03. The van der Waals surface area contributed by atoms with E-state index in [9.17, 15) is 33.6 Å². The Morgan fingerprint density at radius 1 is 0.917 bits per heavy atom. The number of nitrogens with one attached hydrogen (secondary N) is 4. The molecule has 7 atom stereocenters. The molecule has 0 radical (unpaired) electrons.